The summed E-state index contributed by atoms with van der Waals surface area (Å²) in [5, 5.41) is 0. The molecule has 32 heavy (non-hydrogen) atoms. The van der Waals surface area contributed by atoms with E-state index in [1.54, 1.807) is 11.3 Å². The van der Waals surface area contributed by atoms with Crippen LogP contribution in [0.2, 0.25) is 0 Å². The normalized spacial score (nSPS) is 27.8. The molecular weight excluding hydrogens is 554 g/mol. The molecule has 0 unspecified atom stereocenters. The van der Waals surface area contributed by atoms with E-state index in [0.29, 0.717) is 30.6 Å². The van der Waals surface area contributed by atoms with Crippen molar-refractivity contribution in [2.45, 2.75) is 52.0 Å². The van der Waals surface area contributed by atoms with E-state index in [-0.39, 0.29) is 34.7 Å². The van der Waals surface area contributed by atoms with Gasteiger partial charge in [0.25, 0.3) is 0 Å². The molecule has 1 aromatic heterocycles. The van der Waals surface area contributed by atoms with Crippen molar-refractivity contribution in [2.24, 2.45) is 29.6 Å². The van der Waals surface area contributed by atoms with E-state index in [9.17, 15) is 9.59 Å². The van der Waals surface area contributed by atoms with Gasteiger partial charge in [-0.1, -0.05) is 39.4 Å². The predicted molar refractivity (Wildman–Crippen MR) is 123 cm³/mol. The van der Waals surface area contributed by atoms with Crippen LogP contribution in [0.5, 0.6) is 0 Å². The number of hydrogen-bond donors (Lipinski definition) is 0. The molecule has 4 fully saturated rings. The second-order valence-corrected chi connectivity index (χ2v) is 11.5. The van der Waals surface area contributed by atoms with E-state index >= 15 is 0 Å². The Balaban J connectivity index is 0.00000245. The zero-order valence-corrected chi connectivity index (χ0v) is 22.3. The van der Waals surface area contributed by atoms with Crippen molar-refractivity contribution < 1.29 is 35.9 Å². The summed E-state index contributed by atoms with van der Waals surface area (Å²) in [6, 6.07) is 7.47. The Hall–Kier alpha value is -1.05. The summed E-state index contributed by atoms with van der Waals surface area (Å²) in [6.07, 6.45) is 7.07. The van der Waals surface area contributed by atoms with Gasteiger partial charge in [0.15, 0.2) is 5.69 Å². The van der Waals surface area contributed by atoms with Crippen LogP contribution in [-0.4, -0.2) is 18.4 Å². The van der Waals surface area contributed by atoms with Crippen LogP contribution in [0.4, 0.5) is 0 Å². The summed E-state index contributed by atoms with van der Waals surface area (Å²) in [7, 11) is 0. The van der Waals surface area contributed by atoms with Crippen molar-refractivity contribution in [1.82, 2.24) is 0 Å². The number of hydrogen-bond acceptors (Lipinski definition) is 4. The molecule has 4 saturated carbocycles. The molecule has 0 spiro atoms. The first-order valence-corrected chi connectivity index (χ1v) is 13.1. The minimum absolute atomic E-state index is 0. The van der Waals surface area contributed by atoms with Gasteiger partial charge in [-0.05, 0) is 67.9 Å². The van der Waals surface area contributed by atoms with Crippen molar-refractivity contribution in [3.8, 4) is 0 Å². The number of esters is 1. The summed E-state index contributed by atoms with van der Waals surface area (Å²) < 4.78 is 8.76. The zero-order valence-electron chi connectivity index (χ0n) is 18.3. The highest BCUT2D eigenvalue weighted by atomic mass is 79.9. The molecular formula is C25H29Br2NO3S. The van der Waals surface area contributed by atoms with Gasteiger partial charge in [0.1, 0.15) is 0 Å². The third-order valence-corrected chi connectivity index (χ3v) is 9.38. The number of carbonyl (C=O) groups excluding carboxylic acids is 2. The fourth-order valence-electron chi connectivity index (χ4n) is 6.38. The van der Waals surface area contributed by atoms with Gasteiger partial charge in [-0.15, -0.1) is 0 Å². The minimum Gasteiger partial charge on any atom is -1.00 e. The van der Waals surface area contributed by atoms with Gasteiger partial charge < -0.3 is 21.7 Å². The van der Waals surface area contributed by atoms with Crippen molar-refractivity contribution in [2.75, 3.05) is 6.61 Å². The lowest BCUT2D eigenvalue weighted by Crippen LogP contribution is -3.00. The van der Waals surface area contributed by atoms with E-state index in [2.05, 4.69) is 15.9 Å². The summed E-state index contributed by atoms with van der Waals surface area (Å²) in [5.74, 6) is 3.16. The number of nitrogens with zero attached hydrogens (tertiary/aromatic N) is 1. The average Bonchev–Trinajstić information content (AvgIpc) is 3.07. The molecule has 0 amide bonds. The van der Waals surface area contributed by atoms with Gasteiger partial charge in [-0.3, -0.25) is 9.59 Å². The number of ketones is 1. The Kier molecular flexibility index (Phi) is 7.57. The molecule has 4 bridgehead atoms. The maximum atomic E-state index is 12.9. The minimum atomic E-state index is 0. The molecule has 0 radical (unpaired) electrons. The van der Waals surface area contributed by atoms with E-state index in [1.165, 1.54) is 37.0 Å². The number of carbonyl (C=O) groups is 2. The van der Waals surface area contributed by atoms with Crippen molar-refractivity contribution in [3.05, 3.63) is 50.4 Å². The van der Waals surface area contributed by atoms with E-state index in [1.807, 2.05) is 41.3 Å². The molecule has 172 valence electrons. The summed E-state index contributed by atoms with van der Waals surface area (Å²) in [6.45, 7) is 2.81. The summed E-state index contributed by atoms with van der Waals surface area (Å²) in [5.41, 5.74) is 3.80. The molecule has 1 aromatic carbocycles. The SMILES string of the molecule is Cc1c(CCOC(=O)C2C3CC4CC(C3)CC2C4)sc[n+]1CC(=O)c1ccc(Br)cc1.[Br-]. The standard InChI is InChI=1S/C25H29BrNO3S.BrH/c1-15-23(31-14-27(15)13-22(28)18-2-4-21(26)5-3-18)6-7-30-25(29)24-19-9-16-8-17(11-19)12-20(24)10-16;/h2-5,14,16-17,19-20,24H,6-13H2,1H3;1H/q+1;/p-1. The van der Waals surface area contributed by atoms with Crippen molar-refractivity contribution in [1.29, 1.82) is 0 Å². The fraction of sp³-hybridized carbons (Fsp3) is 0.560. The quantitative estimate of drug-likeness (QED) is 0.286. The zero-order chi connectivity index (χ0) is 21.5. The lowest BCUT2D eigenvalue weighted by molar-refractivity contribution is -0.684. The lowest BCUT2D eigenvalue weighted by Gasteiger charge is -2.53. The first-order chi connectivity index (χ1) is 15.0. The Morgan fingerprint density at radius 1 is 1.06 bits per heavy atom. The molecule has 4 aliphatic carbocycles. The van der Waals surface area contributed by atoms with Crippen LogP contribution in [0.15, 0.2) is 34.2 Å². The van der Waals surface area contributed by atoms with Crippen LogP contribution in [0.3, 0.4) is 0 Å². The highest BCUT2D eigenvalue weighted by molar-refractivity contribution is 9.10. The first kappa shape index (κ1) is 24.1. The van der Waals surface area contributed by atoms with E-state index in [0.717, 1.165) is 28.4 Å². The van der Waals surface area contributed by atoms with Crippen molar-refractivity contribution >= 4 is 39.0 Å². The van der Waals surface area contributed by atoms with Crippen LogP contribution in [-0.2, 0) is 22.5 Å². The number of aromatic nitrogens is 1. The van der Waals surface area contributed by atoms with Gasteiger partial charge in [0.05, 0.1) is 17.4 Å². The summed E-state index contributed by atoms with van der Waals surface area (Å²) >= 11 is 5.04. The molecule has 4 nitrogen and oxygen atoms in total. The maximum Gasteiger partial charge on any atom is 0.309 e. The highest BCUT2D eigenvalue weighted by Gasteiger charge is 2.51. The Morgan fingerprint density at radius 3 is 2.31 bits per heavy atom. The Bertz CT molecular complexity index is 960. The third kappa shape index (κ3) is 4.90. The van der Waals surface area contributed by atoms with Gasteiger partial charge in [0, 0.05) is 23.4 Å². The number of benzene rings is 1. The van der Waals surface area contributed by atoms with Crippen LogP contribution in [0.1, 0.15) is 53.0 Å². The van der Waals surface area contributed by atoms with Gasteiger partial charge >= 0.3 is 5.97 Å². The van der Waals surface area contributed by atoms with Crippen molar-refractivity contribution in [3.63, 3.8) is 0 Å². The van der Waals surface area contributed by atoms with Crippen LogP contribution >= 0.6 is 27.3 Å². The smallest absolute Gasteiger partial charge is 0.309 e. The van der Waals surface area contributed by atoms with Gasteiger partial charge in [-0.2, -0.15) is 4.57 Å². The number of rotatable bonds is 7. The molecule has 0 atom stereocenters. The van der Waals surface area contributed by atoms with E-state index < -0.39 is 0 Å². The molecule has 1 heterocycles. The third-order valence-electron chi connectivity index (χ3n) is 7.71. The highest BCUT2D eigenvalue weighted by Crippen LogP contribution is 2.56. The van der Waals surface area contributed by atoms with Gasteiger partial charge in [0.2, 0.25) is 17.8 Å². The summed E-state index contributed by atoms with van der Waals surface area (Å²) in [4.78, 5) is 26.6. The lowest BCUT2D eigenvalue weighted by atomic mass is 9.52. The first-order valence-electron chi connectivity index (χ1n) is 11.4. The average molecular weight is 583 g/mol. The molecule has 7 heteroatoms. The number of halogens is 2. The molecule has 2 aromatic rings. The molecule has 6 rings (SSSR count). The van der Waals surface area contributed by atoms with Crippen LogP contribution < -0.4 is 21.5 Å². The second-order valence-electron chi connectivity index (χ2n) is 9.66. The Labute approximate surface area is 212 Å². The monoisotopic (exact) mass is 581 g/mol. The van der Waals surface area contributed by atoms with Crippen LogP contribution in [0, 0.1) is 36.5 Å². The van der Waals surface area contributed by atoms with Crippen LogP contribution in [0.25, 0.3) is 0 Å². The topological polar surface area (TPSA) is 47.2 Å². The largest absolute Gasteiger partial charge is 1.00 e. The molecule has 4 aliphatic rings. The van der Waals surface area contributed by atoms with E-state index in [4.69, 9.17) is 4.74 Å². The molecule has 0 saturated heterocycles. The second kappa shape index (κ2) is 10.1. The molecule has 0 aliphatic heterocycles. The molecule has 0 N–H and O–H groups in total. The predicted octanol–water partition coefficient (Wildman–Crippen LogP) is 2.15. The number of Topliss-reactive ketones (excluding diaryl/α,β-unsaturated/α-hetero) is 1. The maximum absolute atomic E-state index is 12.9. The fourth-order valence-corrected chi connectivity index (χ4v) is 7.62. The van der Waals surface area contributed by atoms with Gasteiger partial charge in [-0.25, -0.2) is 0 Å². The Morgan fingerprint density at radius 2 is 1.69 bits per heavy atom. The number of ether oxygens (including phenoxy) is 1. The number of thiazole rings is 1.